The van der Waals surface area contributed by atoms with Gasteiger partial charge in [-0.05, 0) is 30.2 Å². The van der Waals surface area contributed by atoms with Gasteiger partial charge in [-0.25, -0.2) is 0 Å². The van der Waals surface area contributed by atoms with Crippen LogP contribution in [0.3, 0.4) is 0 Å². The summed E-state index contributed by atoms with van der Waals surface area (Å²) in [5.74, 6) is 1.06. The number of aryl methyl sites for hydroxylation is 1. The summed E-state index contributed by atoms with van der Waals surface area (Å²) in [6.07, 6.45) is 0.741. The molecule has 0 fully saturated rings. The minimum Gasteiger partial charge on any atom is -0.493 e. The van der Waals surface area contributed by atoms with Crippen LogP contribution in [0.2, 0.25) is 15.1 Å². The number of halogens is 3. The number of nitrogens with one attached hydrogen (secondary N) is 1. The lowest BCUT2D eigenvalue weighted by atomic mass is 10.1. The number of hydrogen-bond donors (Lipinski definition) is 1. The van der Waals surface area contributed by atoms with Crippen LogP contribution in [-0.4, -0.2) is 20.1 Å². The minimum atomic E-state index is -0.194. The summed E-state index contributed by atoms with van der Waals surface area (Å²) in [6.45, 7) is 0. The third-order valence-electron chi connectivity index (χ3n) is 3.39. The first-order valence-corrected chi connectivity index (χ1v) is 8.24. The number of rotatable bonds is 6. The van der Waals surface area contributed by atoms with Crippen LogP contribution in [0.25, 0.3) is 0 Å². The SMILES string of the molecule is COc1cccc(CCC(=O)Nc2cc(Cl)c(Cl)cc2Cl)c1OC. The van der Waals surface area contributed by atoms with Gasteiger partial charge in [-0.2, -0.15) is 0 Å². The molecule has 0 aliphatic heterocycles. The minimum absolute atomic E-state index is 0.194. The zero-order valence-electron chi connectivity index (χ0n) is 13.2. The number of carbonyl (C=O) groups excluding carboxylic acids is 1. The van der Waals surface area contributed by atoms with E-state index in [-0.39, 0.29) is 12.3 Å². The van der Waals surface area contributed by atoms with Gasteiger partial charge < -0.3 is 14.8 Å². The largest absolute Gasteiger partial charge is 0.493 e. The number of hydrogen-bond acceptors (Lipinski definition) is 3. The Hall–Kier alpha value is -1.62. The van der Waals surface area contributed by atoms with Crippen molar-refractivity contribution in [2.75, 3.05) is 19.5 Å². The van der Waals surface area contributed by atoms with Crippen molar-refractivity contribution in [3.8, 4) is 11.5 Å². The van der Waals surface area contributed by atoms with Gasteiger partial charge in [0.15, 0.2) is 11.5 Å². The van der Waals surface area contributed by atoms with E-state index < -0.39 is 0 Å². The molecule has 0 radical (unpaired) electrons. The molecule has 0 bridgehead atoms. The van der Waals surface area contributed by atoms with Crippen molar-refractivity contribution in [1.82, 2.24) is 0 Å². The first-order valence-electron chi connectivity index (χ1n) is 7.10. The lowest BCUT2D eigenvalue weighted by Gasteiger charge is -2.13. The van der Waals surface area contributed by atoms with Gasteiger partial charge in [-0.1, -0.05) is 46.9 Å². The van der Waals surface area contributed by atoms with Crippen LogP contribution in [0.15, 0.2) is 30.3 Å². The summed E-state index contributed by atoms with van der Waals surface area (Å²) < 4.78 is 10.6. The maximum Gasteiger partial charge on any atom is 0.224 e. The molecule has 4 nitrogen and oxygen atoms in total. The van der Waals surface area contributed by atoms with E-state index in [1.54, 1.807) is 20.3 Å². The second-order valence-electron chi connectivity index (χ2n) is 4.95. The molecule has 0 unspecified atom stereocenters. The van der Waals surface area contributed by atoms with E-state index in [1.165, 1.54) is 12.1 Å². The van der Waals surface area contributed by atoms with E-state index in [0.29, 0.717) is 38.7 Å². The van der Waals surface area contributed by atoms with Gasteiger partial charge in [0.05, 0.1) is 35.0 Å². The summed E-state index contributed by atoms with van der Waals surface area (Å²) in [6, 6.07) is 8.56. The molecule has 0 aliphatic rings. The Morgan fingerprint density at radius 2 is 1.75 bits per heavy atom. The average Bonchev–Trinajstić information content (AvgIpc) is 2.57. The number of carbonyl (C=O) groups is 1. The fourth-order valence-electron chi connectivity index (χ4n) is 2.23. The summed E-state index contributed by atoms with van der Waals surface area (Å²) in [5, 5.41) is 3.72. The van der Waals surface area contributed by atoms with Crippen LogP contribution in [0.5, 0.6) is 11.5 Å². The molecule has 1 N–H and O–H groups in total. The molecule has 7 heteroatoms. The Labute approximate surface area is 155 Å². The molecule has 0 aliphatic carbocycles. The first kappa shape index (κ1) is 18.7. The number of amides is 1. The molecular formula is C17H16Cl3NO3. The molecule has 2 aromatic carbocycles. The predicted octanol–water partition coefficient (Wildman–Crippen LogP) is 5.24. The van der Waals surface area contributed by atoms with Crippen molar-refractivity contribution in [3.05, 3.63) is 51.0 Å². The molecule has 1 amide bonds. The normalized spacial score (nSPS) is 10.4. The third-order valence-corrected chi connectivity index (χ3v) is 4.42. The van der Waals surface area contributed by atoms with Gasteiger partial charge in [0, 0.05) is 6.42 Å². The molecule has 128 valence electrons. The van der Waals surface area contributed by atoms with Gasteiger partial charge in [0.1, 0.15) is 0 Å². The second-order valence-corrected chi connectivity index (χ2v) is 6.17. The fraction of sp³-hybridized carbons (Fsp3) is 0.235. The maximum atomic E-state index is 12.2. The van der Waals surface area contributed by atoms with Crippen molar-refractivity contribution in [2.24, 2.45) is 0 Å². The topological polar surface area (TPSA) is 47.6 Å². The van der Waals surface area contributed by atoms with Gasteiger partial charge in [0.2, 0.25) is 5.91 Å². The Morgan fingerprint density at radius 1 is 1.04 bits per heavy atom. The number of ether oxygens (including phenoxy) is 2. The van der Waals surface area contributed by atoms with Gasteiger partial charge in [0.25, 0.3) is 0 Å². The Kier molecular flexibility index (Phi) is 6.60. The van der Waals surface area contributed by atoms with Crippen molar-refractivity contribution in [3.63, 3.8) is 0 Å². The van der Waals surface area contributed by atoms with E-state index in [9.17, 15) is 4.79 Å². The highest BCUT2D eigenvalue weighted by Gasteiger charge is 2.13. The molecule has 24 heavy (non-hydrogen) atoms. The number of anilines is 1. The van der Waals surface area contributed by atoms with Gasteiger partial charge >= 0.3 is 0 Å². The zero-order chi connectivity index (χ0) is 17.7. The van der Waals surface area contributed by atoms with Crippen molar-refractivity contribution in [2.45, 2.75) is 12.8 Å². The Bertz CT molecular complexity index is 750. The molecule has 0 aromatic heterocycles. The molecule has 2 rings (SSSR count). The monoisotopic (exact) mass is 387 g/mol. The highest BCUT2D eigenvalue weighted by Crippen LogP contribution is 2.33. The summed E-state index contributed by atoms with van der Waals surface area (Å²) in [7, 11) is 3.14. The van der Waals surface area contributed by atoms with Crippen molar-refractivity contribution < 1.29 is 14.3 Å². The fourth-order valence-corrected chi connectivity index (χ4v) is 2.82. The summed E-state index contributed by atoms with van der Waals surface area (Å²) in [4.78, 5) is 12.2. The summed E-state index contributed by atoms with van der Waals surface area (Å²) in [5.41, 5.74) is 1.31. The van der Waals surface area contributed by atoms with E-state index in [4.69, 9.17) is 44.3 Å². The van der Waals surface area contributed by atoms with Crippen LogP contribution < -0.4 is 14.8 Å². The quantitative estimate of drug-likeness (QED) is 0.689. The molecule has 0 atom stereocenters. The van der Waals surface area contributed by atoms with E-state index in [0.717, 1.165) is 5.56 Å². The van der Waals surface area contributed by atoms with Crippen molar-refractivity contribution >= 4 is 46.4 Å². The zero-order valence-corrected chi connectivity index (χ0v) is 15.4. The average molecular weight is 389 g/mol. The molecule has 0 heterocycles. The van der Waals surface area contributed by atoms with Gasteiger partial charge in [-0.3, -0.25) is 4.79 Å². The van der Waals surface area contributed by atoms with E-state index >= 15 is 0 Å². The Morgan fingerprint density at radius 3 is 2.42 bits per heavy atom. The smallest absolute Gasteiger partial charge is 0.224 e. The molecule has 0 saturated carbocycles. The standard InChI is InChI=1S/C17H16Cl3NO3/c1-23-15-5-3-4-10(17(15)24-2)6-7-16(22)21-14-9-12(19)11(18)8-13(14)20/h3-5,8-9H,6-7H2,1-2H3,(H,21,22). The van der Waals surface area contributed by atoms with E-state index in [1.807, 2.05) is 12.1 Å². The number of para-hydroxylation sites is 1. The molecule has 0 spiro atoms. The van der Waals surface area contributed by atoms with Crippen LogP contribution in [-0.2, 0) is 11.2 Å². The lowest BCUT2D eigenvalue weighted by molar-refractivity contribution is -0.116. The Balaban J connectivity index is 2.05. The van der Waals surface area contributed by atoms with Gasteiger partial charge in [-0.15, -0.1) is 0 Å². The van der Waals surface area contributed by atoms with E-state index in [2.05, 4.69) is 5.32 Å². The first-order chi connectivity index (χ1) is 11.5. The van der Waals surface area contributed by atoms with Crippen LogP contribution in [0.1, 0.15) is 12.0 Å². The maximum absolute atomic E-state index is 12.2. The third kappa shape index (κ3) is 4.47. The molecule has 0 saturated heterocycles. The summed E-state index contributed by atoms with van der Waals surface area (Å²) >= 11 is 17.9. The highest BCUT2D eigenvalue weighted by molar-refractivity contribution is 6.44. The molecular weight excluding hydrogens is 373 g/mol. The van der Waals surface area contributed by atoms with Crippen LogP contribution in [0.4, 0.5) is 5.69 Å². The molecule has 2 aromatic rings. The lowest BCUT2D eigenvalue weighted by Crippen LogP contribution is -2.13. The highest BCUT2D eigenvalue weighted by atomic mass is 35.5. The van der Waals surface area contributed by atoms with Crippen molar-refractivity contribution in [1.29, 1.82) is 0 Å². The number of benzene rings is 2. The van der Waals surface area contributed by atoms with Crippen LogP contribution >= 0.6 is 34.8 Å². The number of methoxy groups -OCH3 is 2. The second kappa shape index (κ2) is 8.47. The predicted molar refractivity (Wildman–Crippen MR) is 98.0 cm³/mol. The van der Waals surface area contributed by atoms with Crippen LogP contribution in [0, 0.1) is 0 Å².